The fourth-order valence-corrected chi connectivity index (χ4v) is 6.32. The molecular weight excluding hydrogens is 490 g/mol. The van der Waals surface area contributed by atoms with Gasteiger partial charge in [0.15, 0.2) is 23.1 Å². The molecule has 4 aliphatic rings. The van der Waals surface area contributed by atoms with Crippen molar-refractivity contribution in [3.63, 3.8) is 0 Å². The molecule has 4 atom stereocenters. The van der Waals surface area contributed by atoms with Crippen molar-refractivity contribution in [3.05, 3.63) is 57.1 Å². The van der Waals surface area contributed by atoms with Gasteiger partial charge in [0.1, 0.15) is 0 Å². The summed E-state index contributed by atoms with van der Waals surface area (Å²) < 4.78 is 5.45. The van der Waals surface area contributed by atoms with Crippen LogP contribution in [0.4, 0.5) is 0 Å². The first-order chi connectivity index (χ1) is 15.8. The minimum Gasteiger partial charge on any atom is -0.504 e. The summed E-state index contributed by atoms with van der Waals surface area (Å²) >= 11 is 3.20. The lowest BCUT2D eigenvalue weighted by atomic mass is 9.59. The summed E-state index contributed by atoms with van der Waals surface area (Å²) in [7, 11) is 1.44. The first-order valence-electron chi connectivity index (χ1n) is 10.9. The molecule has 8 heteroatoms. The maximum atomic E-state index is 13.2. The van der Waals surface area contributed by atoms with E-state index in [1.165, 1.54) is 18.1 Å². The lowest BCUT2D eigenvalue weighted by Crippen LogP contribution is -2.39. The van der Waals surface area contributed by atoms with Gasteiger partial charge in [-0.2, -0.15) is 0 Å². The molecule has 0 radical (unpaired) electrons. The van der Waals surface area contributed by atoms with E-state index >= 15 is 0 Å². The molecule has 1 aliphatic heterocycles. The first-order valence-corrected chi connectivity index (χ1v) is 11.7. The van der Waals surface area contributed by atoms with Crippen LogP contribution in [0.1, 0.15) is 31.2 Å². The zero-order chi connectivity index (χ0) is 23.6. The quantitative estimate of drug-likeness (QED) is 0.380. The molecule has 0 aromatic heterocycles. The predicted molar refractivity (Wildman–Crippen MR) is 122 cm³/mol. The van der Waals surface area contributed by atoms with E-state index in [0.29, 0.717) is 29.7 Å². The zero-order valence-corrected chi connectivity index (χ0v) is 19.7. The molecule has 7 nitrogen and oxygen atoms in total. The summed E-state index contributed by atoms with van der Waals surface area (Å²) in [4.78, 5) is 53.7. The Morgan fingerprint density at radius 3 is 2.61 bits per heavy atom. The summed E-state index contributed by atoms with van der Waals surface area (Å²) in [5, 5.41) is 11.0. The molecule has 0 bridgehead atoms. The molecule has 1 N–H and O–H groups in total. The van der Waals surface area contributed by atoms with Crippen LogP contribution in [0.25, 0.3) is 0 Å². The number of halogens is 1. The Hall–Kier alpha value is -3.00. The Bertz CT molecular complexity index is 1230. The number of Topliss-reactive ketones (excluding diaryl/α,β-unsaturated/α-hetero) is 1. The SMILES string of the molecule is CCN1C(=O)[C@H]2[C@H](CC=C3[C@H](c4cccc(OC)c4O)C4=C(C[C@H]32)C(=O)C(Br)=CC4=O)C1=O. The Labute approximate surface area is 198 Å². The second-order valence-electron chi connectivity index (χ2n) is 8.71. The number of nitrogens with zero attached hydrogens (tertiary/aromatic N) is 1. The average Bonchev–Trinajstić information content (AvgIpc) is 3.06. The highest BCUT2D eigenvalue weighted by atomic mass is 79.9. The van der Waals surface area contributed by atoms with E-state index < -0.39 is 23.7 Å². The highest BCUT2D eigenvalue weighted by molar-refractivity contribution is 9.12. The number of carbonyl (C=O) groups excluding carboxylic acids is 4. The number of fused-ring (bicyclic) bond motifs is 3. The first kappa shape index (κ1) is 21.8. The summed E-state index contributed by atoms with van der Waals surface area (Å²) in [6, 6.07) is 5.03. The number of rotatable bonds is 3. The van der Waals surface area contributed by atoms with Gasteiger partial charge in [0.2, 0.25) is 11.8 Å². The minimum absolute atomic E-state index is 0.113. The highest BCUT2D eigenvalue weighted by Crippen LogP contribution is 2.56. The normalized spacial score (nSPS) is 28.9. The third-order valence-electron chi connectivity index (χ3n) is 7.30. The molecular formula is C25H22BrNO6. The fraction of sp³-hybridized carbons (Fsp3) is 0.360. The van der Waals surface area contributed by atoms with Gasteiger partial charge in [-0.15, -0.1) is 0 Å². The third-order valence-corrected chi connectivity index (χ3v) is 7.89. The van der Waals surface area contributed by atoms with Crippen molar-refractivity contribution in [2.24, 2.45) is 17.8 Å². The summed E-state index contributed by atoms with van der Waals surface area (Å²) in [5.74, 6) is -3.07. The maximum absolute atomic E-state index is 13.2. The number of likely N-dealkylation sites (tertiary alicyclic amines) is 1. The second-order valence-corrected chi connectivity index (χ2v) is 9.57. The van der Waals surface area contributed by atoms with E-state index in [4.69, 9.17) is 4.74 Å². The van der Waals surface area contributed by atoms with Gasteiger partial charge in [-0.3, -0.25) is 24.1 Å². The smallest absolute Gasteiger partial charge is 0.233 e. The van der Waals surface area contributed by atoms with Crippen molar-refractivity contribution in [1.82, 2.24) is 4.90 Å². The van der Waals surface area contributed by atoms with E-state index in [-0.39, 0.29) is 45.8 Å². The monoisotopic (exact) mass is 511 g/mol. The van der Waals surface area contributed by atoms with Crippen LogP contribution in [0, 0.1) is 17.8 Å². The van der Waals surface area contributed by atoms with Crippen LogP contribution >= 0.6 is 15.9 Å². The molecule has 2 amide bonds. The number of methoxy groups -OCH3 is 1. The number of imide groups is 1. The summed E-state index contributed by atoms with van der Waals surface area (Å²) in [5.41, 5.74) is 1.88. The van der Waals surface area contributed by atoms with Gasteiger partial charge in [0.05, 0.1) is 23.4 Å². The van der Waals surface area contributed by atoms with Gasteiger partial charge in [-0.25, -0.2) is 0 Å². The number of hydrogen-bond donors (Lipinski definition) is 1. The number of phenolic OH excluding ortho intramolecular Hbond substituents is 1. The molecule has 1 aromatic rings. The Morgan fingerprint density at radius 2 is 1.91 bits per heavy atom. The van der Waals surface area contributed by atoms with Crippen LogP contribution in [0.3, 0.4) is 0 Å². The number of para-hydroxylation sites is 1. The van der Waals surface area contributed by atoms with Gasteiger partial charge < -0.3 is 9.84 Å². The minimum atomic E-state index is -0.707. The van der Waals surface area contributed by atoms with E-state index in [1.807, 2.05) is 6.08 Å². The number of ether oxygens (including phenoxy) is 1. The molecule has 0 spiro atoms. The molecule has 0 unspecified atom stereocenters. The van der Waals surface area contributed by atoms with Crippen LogP contribution < -0.4 is 4.74 Å². The van der Waals surface area contributed by atoms with Crippen molar-refractivity contribution < 1.29 is 29.0 Å². The molecule has 1 saturated heterocycles. The number of amides is 2. The molecule has 1 aromatic carbocycles. The van der Waals surface area contributed by atoms with Gasteiger partial charge in [0.25, 0.3) is 0 Å². The van der Waals surface area contributed by atoms with E-state index in [0.717, 1.165) is 5.57 Å². The van der Waals surface area contributed by atoms with Crippen molar-refractivity contribution >= 4 is 39.3 Å². The Morgan fingerprint density at radius 1 is 1.15 bits per heavy atom. The zero-order valence-electron chi connectivity index (χ0n) is 18.1. The van der Waals surface area contributed by atoms with Crippen LogP contribution in [0.5, 0.6) is 11.5 Å². The van der Waals surface area contributed by atoms with Crippen molar-refractivity contribution in [1.29, 1.82) is 0 Å². The van der Waals surface area contributed by atoms with Crippen molar-refractivity contribution in [2.75, 3.05) is 13.7 Å². The molecule has 3 aliphatic carbocycles. The van der Waals surface area contributed by atoms with E-state index in [2.05, 4.69) is 15.9 Å². The van der Waals surface area contributed by atoms with Crippen molar-refractivity contribution in [2.45, 2.75) is 25.7 Å². The molecule has 5 rings (SSSR count). The Kier molecular flexibility index (Phi) is 5.16. The van der Waals surface area contributed by atoms with Crippen LogP contribution in [-0.4, -0.2) is 47.0 Å². The number of phenols is 1. The number of aromatic hydroxyl groups is 1. The molecule has 0 saturated carbocycles. The van der Waals surface area contributed by atoms with Crippen LogP contribution in [-0.2, 0) is 19.2 Å². The lowest BCUT2D eigenvalue weighted by Gasteiger charge is -2.42. The number of benzene rings is 1. The average molecular weight is 512 g/mol. The summed E-state index contributed by atoms with van der Waals surface area (Å²) in [6.07, 6.45) is 3.77. The number of hydrogen-bond acceptors (Lipinski definition) is 6. The van der Waals surface area contributed by atoms with Gasteiger partial charge in [0, 0.05) is 35.2 Å². The van der Waals surface area contributed by atoms with Gasteiger partial charge in [-0.05, 0) is 47.7 Å². The molecule has 170 valence electrons. The van der Waals surface area contributed by atoms with E-state index in [1.54, 1.807) is 25.1 Å². The van der Waals surface area contributed by atoms with Gasteiger partial charge >= 0.3 is 0 Å². The third kappa shape index (κ3) is 3.00. The van der Waals surface area contributed by atoms with Crippen LogP contribution in [0.2, 0.25) is 0 Å². The number of allylic oxidation sites excluding steroid dienone is 6. The standard InChI is InChI=1S/C25H22BrNO6/c1-3-27-24(31)13-8-7-11-14(20(13)25(27)32)9-15-21(17(28)10-16(26)22(15)29)19(11)12-5-4-6-18(33-2)23(12)30/h4-7,10,13-14,19-20,30H,3,8-9H2,1-2H3/t13-,14+,19+,20-/m0/s1. The largest absolute Gasteiger partial charge is 0.504 e. The highest BCUT2D eigenvalue weighted by Gasteiger charge is 2.56. The molecule has 1 heterocycles. The molecule has 33 heavy (non-hydrogen) atoms. The van der Waals surface area contributed by atoms with Crippen LogP contribution in [0.15, 0.2) is 51.6 Å². The fourth-order valence-electron chi connectivity index (χ4n) is 5.88. The topological polar surface area (TPSA) is 101 Å². The van der Waals surface area contributed by atoms with Gasteiger partial charge in [-0.1, -0.05) is 23.8 Å². The second kappa shape index (κ2) is 7.80. The predicted octanol–water partition coefficient (Wildman–Crippen LogP) is 3.18. The maximum Gasteiger partial charge on any atom is 0.233 e. The van der Waals surface area contributed by atoms with Crippen molar-refractivity contribution in [3.8, 4) is 11.5 Å². The number of carbonyl (C=O) groups is 4. The lowest BCUT2D eigenvalue weighted by molar-refractivity contribution is -0.139. The summed E-state index contributed by atoms with van der Waals surface area (Å²) in [6.45, 7) is 2.07. The Balaban J connectivity index is 1.73. The molecule has 1 fully saturated rings. The van der Waals surface area contributed by atoms with E-state index in [9.17, 15) is 24.3 Å². The number of ketones is 2.